The molecule has 0 radical (unpaired) electrons. The van der Waals surface area contributed by atoms with Crippen LogP contribution >= 0.6 is 27.5 Å². The SMILES string of the molecule is O=c1[nH]c(=O)n(Cc2ccc(Br)cc2)cc1Cl. The fourth-order valence-corrected chi connectivity index (χ4v) is 1.82. The Morgan fingerprint density at radius 2 is 1.88 bits per heavy atom. The van der Waals surface area contributed by atoms with Crippen molar-refractivity contribution in [1.29, 1.82) is 0 Å². The molecule has 1 aromatic carbocycles. The van der Waals surface area contributed by atoms with Crippen molar-refractivity contribution in [1.82, 2.24) is 9.55 Å². The Morgan fingerprint density at radius 1 is 1.24 bits per heavy atom. The quantitative estimate of drug-likeness (QED) is 0.921. The van der Waals surface area contributed by atoms with E-state index in [0.29, 0.717) is 6.54 Å². The standard InChI is InChI=1S/C11H8BrClN2O2/c12-8-3-1-7(2-4-8)5-15-6-9(13)10(16)14-11(15)17/h1-4,6H,5H2,(H,14,16,17). The summed E-state index contributed by atoms with van der Waals surface area (Å²) < 4.78 is 2.32. The van der Waals surface area contributed by atoms with Gasteiger partial charge in [0.05, 0.1) is 6.54 Å². The minimum Gasteiger partial charge on any atom is -0.295 e. The average molecular weight is 316 g/mol. The number of nitrogens with zero attached hydrogens (tertiary/aromatic N) is 1. The van der Waals surface area contributed by atoms with Crippen LogP contribution in [-0.4, -0.2) is 9.55 Å². The van der Waals surface area contributed by atoms with E-state index in [2.05, 4.69) is 20.9 Å². The van der Waals surface area contributed by atoms with Crippen LogP contribution in [0, 0.1) is 0 Å². The first kappa shape index (κ1) is 12.1. The van der Waals surface area contributed by atoms with Crippen LogP contribution in [0.4, 0.5) is 0 Å². The summed E-state index contributed by atoms with van der Waals surface area (Å²) in [6, 6.07) is 7.53. The Morgan fingerprint density at radius 3 is 2.53 bits per heavy atom. The summed E-state index contributed by atoms with van der Waals surface area (Å²) in [5.41, 5.74) is -0.0931. The van der Waals surface area contributed by atoms with Crippen molar-refractivity contribution >= 4 is 27.5 Å². The lowest BCUT2D eigenvalue weighted by atomic mass is 10.2. The highest BCUT2D eigenvalue weighted by molar-refractivity contribution is 9.10. The van der Waals surface area contributed by atoms with Crippen LogP contribution in [0.15, 0.2) is 44.5 Å². The number of aromatic nitrogens is 2. The van der Waals surface area contributed by atoms with Crippen molar-refractivity contribution in [2.45, 2.75) is 6.54 Å². The highest BCUT2D eigenvalue weighted by Gasteiger charge is 2.02. The first-order chi connectivity index (χ1) is 8.06. The van der Waals surface area contributed by atoms with Crippen LogP contribution in [0.3, 0.4) is 0 Å². The number of benzene rings is 1. The second-order valence-corrected chi connectivity index (χ2v) is 4.81. The predicted molar refractivity (Wildman–Crippen MR) is 69.6 cm³/mol. The lowest BCUT2D eigenvalue weighted by Gasteiger charge is -2.05. The molecule has 0 saturated heterocycles. The van der Waals surface area contributed by atoms with E-state index in [1.165, 1.54) is 10.8 Å². The van der Waals surface area contributed by atoms with Crippen molar-refractivity contribution in [3.8, 4) is 0 Å². The molecule has 0 atom stereocenters. The number of hydrogen-bond acceptors (Lipinski definition) is 2. The zero-order chi connectivity index (χ0) is 12.4. The molecule has 1 aromatic heterocycles. The van der Waals surface area contributed by atoms with Gasteiger partial charge in [-0.25, -0.2) is 4.79 Å². The summed E-state index contributed by atoms with van der Waals surface area (Å²) >= 11 is 9.00. The largest absolute Gasteiger partial charge is 0.328 e. The van der Waals surface area contributed by atoms with Gasteiger partial charge in [0.15, 0.2) is 0 Å². The molecule has 0 aliphatic rings. The second kappa shape index (κ2) is 4.89. The third-order valence-electron chi connectivity index (χ3n) is 2.23. The lowest BCUT2D eigenvalue weighted by Crippen LogP contribution is -2.29. The van der Waals surface area contributed by atoms with Gasteiger partial charge >= 0.3 is 5.69 Å². The molecule has 6 heteroatoms. The van der Waals surface area contributed by atoms with Crippen molar-refractivity contribution in [2.75, 3.05) is 0 Å². The zero-order valence-electron chi connectivity index (χ0n) is 8.61. The van der Waals surface area contributed by atoms with E-state index >= 15 is 0 Å². The summed E-state index contributed by atoms with van der Waals surface area (Å²) in [6.07, 6.45) is 1.34. The van der Waals surface area contributed by atoms with E-state index in [9.17, 15) is 9.59 Å². The smallest absolute Gasteiger partial charge is 0.295 e. The summed E-state index contributed by atoms with van der Waals surface area (Å²) in [5.74, 6) is 0. The molecule has 1 heterocycles. The third kappa shape index (κ3) is 2.87. The van der Waals surface area contributed by atoms with Gasteiger partial charge in [-0.05, 0) is 17.7 Å². The highest BCUT2D eigenvalue weighted by atomic mass is 79.9. The number of aromatic amines is 1. The van der Waals surface area contributed by atoms with E-state index in [4.69, 9.17) is 11.6 Å². The van der Waals surface area contributed by atoms with Gasteiger partial charge in [-0.15, -0.1) is 0 Å². The molecule has 1 N–H and O–H groups in total. The molecular weight excluding hydrogens is 307 g/mol. The van der Waals surface area contributed by atoms with Gasteiger partial charge in [-0.2, -0.15) is 0 Å². The van der Waals surface area contributed by atoms with Gasteiger partial charge in [0.2, 0.25) is 0 Å². The zero-order valence-corrected chi connectivity index (χ0v) is 11.0. The van der Waals surface area contributed by atoms with Gasteiger partial charge < -0.3 is 0 Å². The van der Waals surface area contributed by atoms with Crippen molar-refractivity contribution in [3.05, 3.63) is 66.4 Å². The molecule has 17 heavy (non-hydrogen) atoms. The van der Waals surface area contributed by atoms with Crippen molar-refractivity contribution < 1.29 is 0 Å². The summed E-state index contributed by atoms with van der Waals surface area (Å²) in [5, 5.41) is 0.00158. The molecule has 0 spiro atoms. The summed E-state index contributed by atoms with van der Waals surface area (Å²) in [6.45, 7) is 0.364. The molecule has 4 nitrogen and oxygen atoms in total. The Balaban J connectivity index is 2.36. The first-order valence-corrected chi connectivity index (χ1v) is 5.97. The van der Waals surface area contributed by atoms with Gasteiger partial charge in [0.1, 0.15) is 5.02 Å². The fraction of sp³-hybridized carbons (Fsp3) is 0.0909. The van der Waals surface area contributed by atoms with Crippen LogP contribution in [0.1, 0.15) is 5.56 Å². The topological polar surface area (TPSA) is 54.9 Å². The maximum Gasteiger partial charge on any atom is 0.328 e. The molecule has 0 unspecified atom stereocenters. The molecule has 0 aliphatic heterocycles. The van der Waals surface area contributed by atoms with Gasteiger partial charge in [0, 0.05) is 10.7 Å². The van der Waals surface area contributed by atoms with Crippen LogP contribution in [-0.2, 0) is 6.54 Å². The van der Waals surface area contributed by atoms with Crippen LogP contribution < -0.4 is 11.2 Å². The van der Waals surface area contributed by atoms with Crippen LogP contribution in [0.2, 0.25) is 5.02 Å². The first-order valence-electron chi connectivity index (χ1n) is 4.80. The third-order valence-corrected chi connectivity index (χ3v) is 3.03. The summed E-state index contributed by atoms with van der Waals surface area (Å²) in [7, 11) is 0. The normalized spacial score (nSPS) is 10.5. The Labute approximate surface area is 110 Å². The maximum atomic E-state index is 11.5. The number of hydrogen-bond donors (Lipinski definition) is 1. The van der Waals surface area contributed by atoms with E-state index in [0.717, 1.165) is 10.0 Å². The predicted octanol–water partition coefficient (Wildman–Crippen LogP) is 2.00. The van der Waals surface area contributed by atoms with E-state index in [1.54, 1.807) is 0 Å². The summed E-state index contributed by atoms with van der Waals surface area (Å²) in [4.78, 5) is 24.7. The molecule has 2 aromatic rings. The number of rotatable bonds is 2. The number of H-pyrrole nitrogens is 1. The maximum absolute atomic E-state index is 11.5. The molecule has 0 saturated carbocycles. The fourth-order valence-electron chi connectivity index (χ4n) is 1.39. The van der Waals surface area contributed by atoms with Gasteiger partial charge in [-0.1, -0.05) is 39.7 Å². The Bertz CT molecular complexity index is 646. The Kier molecular flexibility index (Phi) is 3.49. The van der Waals surface area contributed by atoms with E-state index in [-0.39, 0.29) is 5.02 Å². The average Bonchev–Trinajstić information content (AvgIpc) is 2.29. The molecular formula is C11H8BrClN2O2. The molecule has 0 aliphatic carbocycles. The van der Waals surface area contributed by atoms with Crippen molar-refractivity contribution in [3.63, 3.8) is 0 Å². The number of nitrogens with one attached hydrogen (secondary N) is 1. The molecule has 2 rings (SSSR count). The second-order valence-electron chi connectivity index (χ2n) is 3.49. The molecule has 0 amide bonds. The molecule has 88 valence electrons. The lowest BCUT2D eigenvalue weighted by molar-refractivity contribution is 0.720. The minimum atomic E-state index is -0.566. The van der Waals surface area contributed by atoms with Crippen molar-refractivity contribution in [2.24, 2.45) is 0 Å². The van der Waals surface area contributed by atoms with Gasteiger partial charge in [0.25, 0.3) is 5.56 Å². The van der Waals surface area contributed by atoms with Crippen LogP contribution in [0.5, 0.6) is 0 Å². The molecule has 0 fully saturated rings. The Hall–Kier alpha value is -1.33. The number of halogens is 2. The van der Waals surface area contributed by atoms with Crippen LogP contribution in [0.25, 0.3) is 0 Å². The van der Waals surface area contributed by atoms with E-state index in [1.807, 2.05) is 24.3 Å². The van der Waals surface area contributed by atoms with E-state index < -0.39 is 11.2 Å². The highest BCUT2D eigenvalue weighted by Crippen LogP contribution is 2.11. The monoisotopic (exact) mass is 314 g/mol. The van der Waals surface area contributed by atoms with Gasteiger partial charge in [-0.3, -0.25) is 14.3 Å². The molecule has 0 bridgehead atoms. The minimum absolute atomic E-state index is 0.00158.